The smallest absolute Gasteiger partial charge is 0.233 e. The zero-order valence-corrected chi connectivity index (χ0v) is 7.68. The molecular formula is C10H7FN2O2. The molecule has 1 aromatic carbocycles. The molecule has 1 aromatic heterocycles. The van der Waals surface area contributed by atoms with E-state index in [-0.39, 0.29) is 5.56 Å². The van der Waals surface area contributed by atoms with Crippen molar-refractivity contribution in [2.75, 3.05) is 0 Å². The van der Waals surface area contributed by atoms with Crippen LogP contribution < -0.4 is 0 Å². The first-order valence-corrected chi connectivity index (χ1v) is 4.32. The molecule has 0 aliphatic rings. The van der Waals surface area contributed by atoms with Crippen LogP contribution in [0.25, 0.3) is 10.9 Å². The highest BCUT2D eigenvalue weighted by atomic mass is 19.1. The minimum absolute atomic E-state index is 0.0399. The van der Waals surface area contributed by atoms with Gasteiger partial charge in [-0.05, 0) is 18.2 Å². The molecule has 5 heteroatoms. The third kappa shape index (κ3) is 1.76. The molecule has 0 fully saturated rings. The van der Waals surface area contributed by atoms with Gasteiger partial charge in [0.2, 0.25) is 6.54 Å². The van der Waals surface area contributed by atoms with Crippen LogP contribution in [0.2, 0.25) is 0 Å². The Morgan fingerprint density at radius 3 is 2.93 bits per heavy atom. The molecule has 0 radical (unpaired) electrons. The highest BCUT2D eigenvalue weighted by Gasteiger charge is 2.13. The summed E-state index contributed by atoms with van der Waals surface area (Å²) in [5, 5.41) is 11.1. The number of pyridine rings is 1. The minimum Gasteiger partial charge on any atom is -0.264 e. The van der Waals surface area contributed by atoms with Gasteiger partial charge in [0.05, 0.1) is 11.1 Å². The minimum atomic E-state index is -0.585. The van der Waals surface area contributed by atoms with E-state index in [1.54, 1.807) is 18.2 Å². The van der Waals surface area contributed by atoms with Gasteiger partial charge in [0.15, 0.2) is 0 Å². The zero-order chi connectivity index (χ0) is 10.8. The molecule has 0 amide bonds. The largest absolute Gasteiger partial charge is 0.264 e. The quantitative estimate of drug-likeness (QED) is 0.558. The Labute approximate surface area is 84.5 Å². The third-order valence-corrected chi connectivity index (χ3v) is 2.11. The fraction of sp³-hybridized carbons (Fsp3) is 0.100. The molecule has 0 spiro atoms. The normalized spacial score (nSPS) is 10.5. The SMILES string of the molecule is O=[N+]([O-])Cc1c(F)ccc2cccnc12. The Hall–Kier alpha value is -2.04. The molecule has 0 aliphatic heterocycles. The summed E-state index contributed by atoms with van der Waals surface area (Å²) in [5.74, 6) is -0.585. The standard InChI is InChI=1S/C10H7FN2O2/c11-9-4-3-7-2-1-5-12-10(7)8(9)6-13(14)15/h1-5H,6H2. The van der Waals surface area contributed by atoms with Gasteiger partial charge in [-0.2, -0.15) is 0 Å². The average Bonchev–Trinajstić information content (AvgIpc) is 2.22. The third-order valence-electron chi connectivity index (χ3n) is 2.11. The van der Waals surface area contributed by atoms with E-state index < -0.39 is 17.3 Å². The van der Waals surface area contributed by atoms with Gasteiger partial charge in [0.25, 0.3) is 0 Å². The van der Waals surface area contributed by atoms with E-state index in [0.29, 0.717) is 10.9 Å². The van der Waals surface area contributed by atoms with E-state index in [4.69, 9.17) is 0 Å². The van der Waals surface area contributed by atoms with Crippen molar-refractivity contribution in [2.45, 2.75) is 6.54 Å². The van der Waals surface area contributed by atoms with Gasteiger partial charge in [0.1, 0.15) is 5.82 Å². The predicted octanol–water partition coefficient (Wildman–Crippen LogP) is 2.15. The molecule has 0 aliphatic carbocycles. The lowest BCUT2D eigenvalue weighted by molar-refractivity contribution is -0.496. The van der Waals surface area contributed by atoms with Gasteiger partial charge < -0.3 is 0 Å². The van der Waals surface area contributed by atoms with E-state index in [1.807, 2.05) is 0 Å². The van der Waals surface area contributed by atoms with Crippen LogP contribution in [0.3, 0.4) is 0 Å². The fourth-order valence-corrected chi connectivity index (χ4v) is 1.46. The first kappa shape index (κ1) is 9.51. The molecular weight excluding hydrogens is 199 g/mol. The molecule has 15 heavy (non-hydrogen) atoms. The lowest BCUT2D eigenvalue weighted by Crippen LogP contribution is -2.02. The van der Waals surface area contributed by atoms with Gasteiger partial charge >= 0.3 is 0 Å². The maximum atomic E-state index is 13.3. The summed E-state index contributed by atoms with van der Waals surface area (Å²) in [7, 11) is 0. The highest BCUT2D eigenvalue weighted by molar-refractivity contribution is 5.81. The van der Waals surface area contributed by atoms with Crippen molar-refractivity contribution in [3.63, 3.8) is 0 Å². The molecule has 0 saturated carbocycles. The summed E-state index contributed by atoms with van der Waals surface area (Å²) >= 11 is 0. The first-order chi connectivity index (χ1) is 7.18. The van der Waals surface area contributed by atoms with Crippen LogP contribution in [0, 0.1) is 15.9 Å². The summed E-state index contributed by atoms with van der Waals surface area (Å²) in [4.78, 5) is 13.8. The summed E-state index contributed by atoms with van der Waals surface area (Å²) in [5.41, 5.74) is 0.396. The number of aromatic nitrogens is 1. The average molecular weight is 206 g/mol. The van der Waals surface area contributed by atoms with E-state index in [0.717, 1.165) is 0 Å². The number of nitro groups is 1. The Morgan fingerprint density at radius 1 is 1.40 bits per heavy atom. The number of benzene rings is 1. The number of rotatable bonds is 2. The molecule has 4 nitrogen and oxygen atoms in total. The number of hydrogen-bond acceptors (Lipinski definition) is 3. The fourth-order valence-electron chi connectivity index (χ4n) is 1.46. The summed E-state index contributed by atoms with van der Waals surface area (Å²) in [6, 6.07) is 6.23. The van der Waals surface area contributed by atoms with Crippen molar-refractivity contribution in [3.05, 3.63) is 52.0 Å². The van der Waals surface area contributed by atoms with Crippen LogP contribution in [0.4, 0.5) is 4.39 Å². The molecule has 0 atom stereocenters. The summed E-state index contributed by atoms with van der Waals surface area (Å²) in [6.07, 6.45) is 1.49. The predicted molar refractivity (Wildman–Crippen MR) is 52.4 cm³/mol. The van der Waals surface area contributed by atoms with Crippen LogP contribution in [-0.2, 0) is 6.54 Å². The van der Waals surface area contributed by atoms with Crippen LogP contribution in [0.15, 0.2) is 30.5 Å². The maximum Gasteiger partial charge on any atom is 0.233 e. The van der Waals surface area contributed by atoms with Gasteiger partial charge in [-0.3, -0.25) is 15.1 Å². The Balaban J connectivity index is 2.68. The monoisotopic (exact) mass is 206 g/mol. The number of nitrogens with zero attached hydrogens (tertiary/aromatic N) is 2. The maximum absolute atomic E-state index is 13.3. The Bertz CT molecular complexity index is 528. The number of hydrogen-bond donors (Lipinski definition) is 0. The molecule has 2 aromatic rings. The summed E-state index contributed by atoms with van der Waals surface area (Å²) < 4.78 is 13.3. The van der Waals surface area contributed by atoms with Crippen LogP contribution in [0.5, 0.6) is 0 Å². The molecule has 0 bridgehead atoms. The highest BCUT2D eigenvalue weighted by Crippen LogP contribution is 2.19. The first-order valence-electron chi connectivity index (χ1n) is 4.32. The van der Waals surface area contributed by atoms with Crippen molar-refractivity contribution < 1.29 is 9.31 Å². The Kier molecular flexibility index (Phi) is 2.29. The van der Waals surface area contributed by atoms with E-state index in [9.17, 15) is 14.5 Å². The van der Waals surface area contributed by atoms with Crippen molar-refractivity contribution in [2.24, 2.45) is 0 Å². The number of halogens is 1. The topological polar surface area (TPSA) is 56.0 Å². The number of fused-ring (bicyclic) bond motifs is 1. The van der Waals surface area contributed by atoms with Gasteiger partial charge in [-0.1, -0.05) is 6.07 Å². The molecule has 0 N–H and O–H groups in total. The van der Waals surface area contributed by atoms with Gasteiger partial charge in [0, 0.05) is 16.5 Å². The molecule has 2 rings (SSSR count). The van der Waals surface area contributed by atoms with Gasteiger partial charge in [-0.25, -0.2) is 4.39 Å². The second-order valence-corrected chi connectivity index (χ2v) is 3.09. The molecule has 1 heterocycles. The second kappa shape index (κ2) is 3.61. The Morgan fingerprint density at radius 2 is 2.20 bits per heavy atom. The van der Waals surface area contributed by atoms with E-state index in [2.05, 4.69) is 4.98 Å². The lowest BCUT2D eigenvalue weighted by Gasteiger charge is -2.02. The van der Waals surface area contributed by atoms with Crippen molar-refractivity contribution in [1.29, 1.82) is 0 Å². The zero-order valence-electron chi connectivity index (χ0n) is 7.68. The molecule has 76 valence electrons. The summed E-state index contributed by atoms with van der Waals surface area (Å²) in [6.45, 7) is -0.541. The van der Waals surface area contributed by atoms with Crippen LogP contribution in [0.1, 0.15) is 5.56 Å². The van der Waals surface area contributed by atoms with Crippen molar-refractivity contribution in [3.8, 4) is 0 Å². The van der Waals surface area contributed by atoms with E-state index in [1.165, 1.54) is 12.3 Å². The molecule has 0 saturated heterocycles. The molecule has 0 unspecified atom stereocenters. The van der Waals surface area contributed by atoms with Crippen LogP contribution >= 0.6 is 0 Å². The van der Waals surface area contributed by atoms with Crippen LogP contribution in [-0.4, -0.2) is 9.91 Å². The lowest BCUT2D eigenvalue weighted by atomic mass is 10.1. The van der Waals surface area contributed by atoms with Gasteiger partial charge in [-0.15, -0.1) is 0 Å². The second-order valence-electron chi connectivity index (χ2n) is 3.09. The van der Waals surface area contributed by atoms with Crippen molar-refractivity contribution >= 4 is 10.9 Å². The van der Waals surface area contributed by atoms with Crippen molar-refractivity contribution in [1.82, 2.24) is 4.98 Å². The van der Waals surface area contributed by atoms with E-state index >= 15 is 0 Å².